The highest BCUT2D eigenvalue weighted by Gasteiger charge is 2.32. The Hall–Kier alpha value is -5.50. The fraction of sp³-hybridized carbons (Fsp3) is 0.421. The van der Waals surface area contributed by atoms with Gasteiger partial charge >= 0.3 is 11.9 Å². The summed E-state index contributed by atoms with van der Waals surface area (Å²) in [7, 11) is 2.32. The predicted molar refractivity (Wildman–Crippen MR) is 190 cm³/mol. The van der Waals surface area contributed by atoms with Crippen molar-refractivity contribution in [2.45, 2.75) is 78.0 Å². The van der Waals surface area contributed by atoms with Crippen LogP contribution in [0.3, 0.4) is 0 Å². The summed E-state index contributed by atoms with van der Waals surface area (Å²) in [6, 6.07) is 15.6. The minimum Gasteiger partial charge on any atom is -0.469 e. The lowest BCUT2D eigenvalue weighted by Gasteiger charge is -2.32. The van der Waals surface area contributed by atoms with Crippen LogP contribution in [0, 0.1) is 12.8 Å². The number of unbranched alkanes of at least 4 members (excludes halogenated alkanes) is 2. The molecule has 0 fully saturated rings. The highest BCUT2D eigenvalue weighted by Crippen LogP contribution is 2.25. The largest absolute Gasteiger partial charge is 0.469 e. The van der Waals surface area contributed by atoms with Crippen LogP contribution in [0.4, 0.5) is 0 Å². The summed E-state index contributed by atoms with van der Waals surface area (Å²) in [5, 5.41) is 9.14. The lowest BCUT2D eigenvalue weighted by molar-refractivity contribution is -0.200. The molecule has 0 aliphatic carbocycles. The second kappa shape index (κ2) is 21.0. The molecule has 14 heteroatoms. The van der Waals surface area contributed by atoms with Crippen LogP contribution in [0.1, 0.15) is 84.4 Å². The van der Waals surface area contributed by atoms with Crippen molar-refractivity contribution in [2.24, 2.45) is 5.92 Å². The van der Waals surface area contributed by atoms with Crippen LogP contribution >= 0.6 is 0 Å². The molecule has 3 rings (SSSR count). The number of nitrogens with one attached hydrogen (secondary N) is 3. The Balaban J connectivity index is 1.62. The average molecular weight is 721 g/mol. The van der Waals surface area contributed by atoms with Gasteiger partial charge in [-0.3, -0.25) is 28.8 Å². The monoisotopic (exact) mass is 720 g/mol. The van der Waals surface area contributed by atoms with Crippen molar-refractivity contribution in [2.75, 3.05) is 20.9 Å². The van der Waals surface area contributed by atoms with Crippen molar-refractivity contribution < 1.29 is 47.5 Å². The summed E-state index contributed by atoms with van der Waals surface area (Å²) in [6.07, 6.45) is 3.89. The zero-order chi connectivity index (χ0) is 38.0. The zero-order valence-corrected chi connectivity index (χ0v) is 30.3. The highest BCUT2D eigenvalue weighted by molar-refractivity contribution is 5.99. The van der Waals surface area contributed by atoms with Gasteiger partial charge in [-0.2, -0.15) is 0 Å². The fourth-order valence-electron chi connectivity index (χ4n) is 5.62. The van der Waals surface area contributed by atoms with Crippen LogP contribution in [0.25, 0.3) is 11.3 Å². The molecular formula is C38H48N4O10. The van der Waals surface area contributed by atoms with E-state index in [9.17, 15) is 28.8 Å². The van der Waals surface area contributed by atoms with E-state index in [2.05, 4.69) is 27.6 Å². The Labute approximate surface area is 303 Å². The number of carbonyl (C=O) groups is 6. The normalized spacial score (nSPS) is 12.5. The Bertz CT molecular complexity index is 1660. The SMILES string of the molecule is CCCCC[C@@H](C(=O)NCNC(=O)c1ccc(-c2ccc(C(=O)N[C@H](CC(=O)OC)C(=O)OC)c(C)c2)o1)[C@@H](CC)N(C=O)OCc1ccccc1. The van der Waals surface area contributed by atoms with Crippen LogP contribution < -0.4 is 16.0 Å². The fourth-order valence-corrected chi connectivity index (χ4v) is 5.62. The Kier molecular flexibility index (Phi) is 16.5. The summed E-state index contributed by atoms with van der Waals surface area (Å²) in [5.41, 5.74) is 2.26. The minimum atomic E-state index is -1.23. The number of methoxy groups -OCH3 is 2. The first-order chi connectivity index (χ1) is 25.1. The first-order valence-corrected chi connectivity index (χ1v) is 17.2. The van der Waals surface area contributed by atoms with Gasteiger partial charge in [-0.1, -0.05) is 69.5 Å². The van der Waals surface area contributed by atoms with Crippen molar-refractivity contribution in [3.8, 4) is 11.3 Å². The smallest absolute Gasteiger partial charge is 0.328 e. The molecule has 2 aromatic carbocycles. The lowest BCUT2D eigenvalue weighted by Crippen LogP contribution is -2.48. The summed E-state index contributed by atoms with van der Waals surface area (Å²) in [5.74, 6) is -3.17. The van der Waals surface area contributed by atoms with Crippen molar-refractivity contribution in [3.63, 3.8) is 0 Å². The molecule has 0 bridgehead atoms. The molecule has 14 nitrogen and oxygen atoms in total. The maximum Gasteiger partial charge on any atom is 0.328 e. The Morgan fingerprint density at radius 1 is 0.904 bits per heavy atom. The van der Waals surface area contributed by atoms with Gasteiger partial charge in [-0.15, -0.1) is 0 Å². The van der Waals surface area contributed by atoms with Crippen molar-refractivity contribution in [3.05, 3.63) is 83.1 Å². The predicted octanol–water partition coefficient (Wildman–Crippen LogP) is 4.46. The summed E-state index contributed by atoms with van der Waals surface area (Å²) >= 11 is 0. The van der Waals surface area contributed by atoms with Gasteiger partial charge < -0.3 is 29.8 Å². The third-order valence-corrected chi connectivity index (χ3v) is 8.48. The molecule has 4 amide bonds. The first kappa shape index (κ1) is 40.9. The number of furan rings is 1. The second-order valence-electron chi connectivity index (χ2n) is 12.0. The molecule has 0 aliphatic heterocycles. The Morgan fingerprint density at radius 2 is 1.65 bits per heavy atom. The minimum absolute atomic E-state index is 0.000163. The van der Waals surface area contributed by atoms with E-state index >= 15 is 0 Å². The van der Waals surface area contributed by atoms with Crippen LogP contribution in [-0.2, 0) is 40.1 Å². The highest BCUT2D eigenvalue weighted by atomic mass is 16.7. The van der Waals surface area contributed by atoms with Gasteiger partial charge in [0.2, 0.25) is 12.3 Å². The van der Waals surface area contributed by atoms with E-state index in [4.69, 9.17) is 14.0 Å². The average Bonchev–Trinajstić information content (AvgIpc) is 3.66. The van der Waals surface area contributed by atoms with Gasteiger partial charge in [-0.05, 0) is 55.2 Å². The molecule has 52 heavy (non-hydrogen) atoms. The first-order valence-electron chi connectivity index (χ1n) is 17.2. The number of benzene rings is 2. The number of aryl methyl sites for hydroxylation is 1. The van der Waals surface area contributed by atoms with E-state index in [0.29, 0.717) is 36.1 Å². The quantitative estimate of drug-likeness (QED) is 0.0467. The van der Waals surface area contributed by atoms with Gasteiger partial charge in [0.1, 0.15) is 18.4 Å². The number of esters is 2. The number of amides is 4. The zero-order valence-electron chi connectivity index (χ0n) is 30.3. The standard InChI is InChI=1S/C38H48N4O10/c1-6-8-10-15-29(31(7-2)42(24-43)51-22-26-13-11-9-12-14-26)35(45)39-23-40-37(47)33-19-18-32(52-33)27-16-17-28(25(3)20-27)36(46)41-30(38(48)50-5)21-34(44)49-4/h9,11-14,16-20,24,29-31H,6-8,10,15,21-23H2,1-5H3,(H,39,45)(H,40,47)(H,41,46)/t29-,30-,31-/m1/s1. The van der Waals surface area contributed by atoms with E-state index in [-0.39, 0.29) is 30.5 Å². The van der Waals surface area contributed by atoms with Crippen LogP contribution in [0.15, 0.2) is 65.1 Å². The van der Waals surface area contributed by atoms with Crippen LogP contribution in [0.2, 0.25) is 0 Å². The summed E-state index contributed by atoms with van der Waals surface area (Å²) in [6.45, 7) is 5.65. The molecule has 1 heterocycles. The molecule has 3 atom stereocenters. The molecular weight excluding hydrogens is 672 g/mol. The van der Waals surface area contributed by atoms with Crippen LogP contribution in [0.5, 0.6) is 0 Å². The molecule has 0 saturated heterocycles. The third kappa shape index (κ3) is 11.8. The van der Waals surface area contributed by atoms with Gasteiger partial charge in [0.05, 0.1) is 39.3 Å². The lowest BCUT2D eigenvalue weighted by atomic mass is 9.90. The topological polar surface area (TPSA) is 183 Å². The molecule has 0 aliphatic rings. The van der Waals surface area contributed by atoms with Crippen molar-refractivity contribution in [1.82, 2.24) is 21.0 Å². The molecule has 3 aromatic rings. The number of rotatable bonds is 21. The van der Waals surface area contributed by atoms with Crippen molar-refractivity contribution in [1.29, 1.82) is 0 Å². The van der Waals surface area contributed by atoms with Gasteiger partial charge in [0.25, 0.3) is 11.8 Å². The molecule has 0 saturated carbocycles. The maximum atomic E-state index is 13.5. The molecule has 0 spiro atoms. The summed E-state index contributed by atoms with van der Waals surface area (Å²) < 4.78 is 15.1. The van der Waals surface area contributed by atoms with Gasteiger partial charge in [-0.25, -0.2) is 9.86 Å². The molecule has 1 aromatic heterocycles. The second-order valence-corrected chi connectivity index (χ2v) is 12.0. The van der Waals surface area contributed by atoms with E-state index in [0.717, 1.165) is 31.9 Å². The maximum absolute atomic E-state index is 13.5. The van der Waals surface area contributed by atoms with E-state index in [1.54, 1.807) is 25.1 Å². The molecule has 280 valence electrons. The number of hydrogen-bond donors (Lipinski definition) is 3. The third-order valence-electron chi connectivity index (χ3n) is 8.48. The molecule has 0 radical (unpaired) electrons. The van der Waals surface area contributed by atoms with Crippen molar-refractivity contribution >= 4 is 36.1 Å². The molecule has 3 N–H and O–H groups in total. The van der Waals surface area contributed by atoms with Gasteiger partial charge in [0.15, 0.2) is 5.76 Å². The van der Waals surface area contributed by atoms with Crippen LogP contribution in [-0.4, -0.2) is 74.1 Å². The number of carbonyl (C=O) groups excluding carboxylic acids is 6. The Morgan fingerprint density at radius 3 is 2.29 bits per heavy atom. The number of hydrogen-bond acceptors (Lipinski definition) is 10. The van der Waals surface area contributed by atoms with E-state index in [1.807, 2.05) is 37.3 Å². The van der Waals surface area contributed by atoms with E-state index in [1.165, 1.54) is 24.3 Å². The number of nitrogens with zero attached hydrogens (tertiary/aromatic N) is 1. The van der Waals surface area contributed by atoms with E-state index < -0.39 is 48.2 Å². The van der Waals surface area contributed by atoms with Gasteiger partial charge in [0, 0.05) is 11.1 Å². The summed E-state index contributed by atoms with van der Waals surface area (Å²) in [4.78, 5) is 81.1. The molecule has 0 unspecified atom stereocenters. The number of ether oxygens (including phenoxy) is 2. The number of hydroxylamine groups is 2.